The van der Waals surface area contributed by atoms with Crippen LogP contribution in [0.3, 0.4) is 0 Å². The molecule has 2 aliphatic rings. The van der Waals surface area contributed by atoms with E-state index in [1.165, 1.54) is 0 Å². The minimum Gasteiger partial charge on any atom is -0.378 e. The summed E-state index contributed by atoms with van der Waals surface area (Å²) in [6.07, 6.45) is 7.75. The quantitative estimate of drug-likeness (QED) is 0.494. The van der Waals surface area contributed by atoms with Crippen molar-refractivity contribution in [3.8, 4) is 22.9 Å². The third-order valence-electron chi connectivity index (χ3n) is 5.93. The lowest BCUT2D eigenvalue weighted by Gasteiger charge is -2.28. The van der Waals surface area contributed by atoms with E-state index in [0.717, 1.165) is 66.5 Å². The number of aromatic nitrogens is 7. The van der Waals surface area contributed by atoms with Crippen LogP contribution in [-0.4, -0.2) is 60.6 Å². The van der Waals surface area contributed by atoms with Gasteiger partial charge in [0.25, 0.3) is 0 Å². The molecule has 31 heavy (non-hydrogen) atoms. The second-order valence-corrected chi connectivity index (χ2v) is 7.95. The van der Waals surface area contributed by atoms with Crippen LogP contribution in [0.25, 0.3) is 34.1 Å². The summed E-state index contributed by atoms with van der Waals surface area (Å²) in [6.45, 7) is 5.83. The monoisotopic (exact) mass is 416 g/mol. The number of hydrogen-bond acceptors (Lipinski definition) is 7. The van der Waals surface area contributed by atoms with Gasteiger partial charge >= 0.3 is 0 Å². The van der Waals surface area contributed by atoms with E-state index in [0.29, 0.717) is 25.1 Å². The number of hydrogen-bond donors (Lipinski definition) is 0. The summed E-state index contributed by atoms with van der Waals surface area (Å²) in [5.41, 5.74) is 3.67. The van der Waals surface area contributed by atoms with Gasteiger partial charge in [0.05, 0.1) is 19.3 Å². The second kappa shape index (κ2) is 7.42. The number of anilines is 1. The Bertz CT molecular complexity index is 1220. The topological polar surface area (TPSA) is 86.8 Å². The maximum absolute atomic E-state index is 5.58. The molecule has 9 heteroatoms. The number of pyridine rings is 1. The van der Waals surface area contributed by atoms with Gasteiger partial charge in [0.15, 0.2) is 22.8 Å². The zero-order valence-electron chi connectivity index (χ0n) is 17.5. The van der Waals surface area contributed by atoms with Crippen LogP contribution < -0.4 is 4.90 Å². The highest BCUT2D eigenvalue weighted by Gasteiger charge is 2.29. The molecule has 1 aliphatic heterocycles. The molecule has 0 bridgehead atoms. The number of imidazole rings is 1. The van der Waals surface area contributed by atoms with Gasteiger partial charge in [0.1, 0.15) is 11.5 Å². The Morgan fingerprint density at radius 3 is 2.55 bits per heavy atom. The Morgan fingerprint density at radius 1 is 1.00 bits per heavy atom. The first-order valence-corrected chi connectivity index (χ1v) is 10.9. The van der Waals surface area contributed by atoms with Crippen LogP contribution in [0.4, 0.5) is 5.82 Å². The number of aryl methyl sites for hydroxylation is 1. The Balaban J connectivity index is 1.59. The van der Waals surface area contributed by atoms with Gasteiger partial charge < -0.3 is 14.2 Å². The van der Waals surface area contributed by atoms with Gasteiger partial charge in [-0.1, -0.05) is 0 Å². The van der Waals surface area contributed by atoms with E-state index in [2.05, 4.69) is 31.2 Å². The van der Waals surface area contributed by atoms with Crippen LogP contribution in [-0.2, 0) is 11.3 Å². The number of ether oxygens (including phenoxy) is 1. The maximum Gasteiger partial charge on any atom is 0.182 e. The van der Waals surface area contributed by atoms with E-state index in [1.54, 1.807) is 12.4 Å². The molecule has 5 heterocycles. The SMILES string of the molecule is CCn1c(-c2ccncc2)nc2c(N3CCOCC3)nc(-c3ccnn3C3CC3)nc21. The Morgan fingerprint density at radius 2 is 1.81 bits per heavy atom. The van der Waals surface area contributed by atoms with Gasteiger partial charge in [0.2, 0.25) is 0 Å². The molecule has 0 N–H and O–H groups in total. The average molecular weight is 416 g/mol. The molecule has 1 saturated heterocycles. The number of fused-ring (bicyclic) bond motifs is 1. The first kappa shape index (κ1) is 18.4. The molecular formula is C22H24N8O. The fourth-order valence-electron chi connectivity index (χ4n) is 4.22. The summed E-state index contributed by atoms with van der Waals surface area (Å²) >= 11 is 0. The van der Waals surface area contributed by atoms with Crippen molar-refractivity contribution in [2.75, 3.05) is 31.2 Å². The Hall–Kier alpha value is -3.33. The van der Waals surface area contributed by atoms with Crippen LogP contribution in [0, 0.1) is 0 Å². The van der Waals surface area contributed by atoms with E-state index in [-0.39, 0.29) is 0 Å². The van der Waals surface area contributed by atoms with Crippen molar-refractivity contribution in [3.63, 3.8) is 0 Å². The van der Waals surface area contributed by atoms with Crippen molar-refractivity contribution in [2.45, 2.75) is 32.4 Å². The molecule has 0 spiro atoms. The van der Waals surface area contributed by atoms with Crippen molar-refractivity contribution in [2.24, 2.45) is 0 Å². The molecule has 0 unspecified atom stereocenters. The minimum absolute atomic E-state index is 0.458. The van der Waals surface area contributed by atoms with Gasteiger partial charge in [-0.2, -0.15) is 5.10 Å². The van der Waals surface area contributed by atoms with E-state index in [1.807, 2.05) is 24.4 Å². The van der Waals surface area contributed by atoms with Gasteiger partial charge in [-0.3, -0.25) is 9.67 Å². The van der Waals surface area contributed by atoms with Gasteiger partial charge in [0, 0.05) is 43.8 Å². The lowest BCUT2D eigenvalue weighted by Crippen LogP contribution is -2.37. The highest BCUT2D eigenvalue weighted by atomic mass is 16.5. The number of nitrogens with zero attached hydrogens (tertiary/aromatic N) is 8. The summed E-state index contributed by atoms with van der Waals surface area (Å²) in [6, 6.07) is 6.44. The fourth-order valence-corrected chi connectivity index (χ4v) is 4.22. The summed E-state index contributed by atoms with van der Waals surface area (Å²) in [5.74, 6) is 2.46. The summed E-state index contributed by atoms with van der Waals surface area (Å²) < 4.78 is 9.82. The Labute approximate surface area is 179 Å². The molecule has 0 amide bonds. The minimum atomic E-state index is 0.458. The molecule has 1 saturated carbocycles. The normalized spacial score (nSPS) is 16.9. The first-order valence-electron chi connectivity index (χ1n) is 10.9. The predicted molar refractivity (Wildman–Crippen MR) is 117 cm³/mol. The van der Waals surface area contributed by atoms with E-state index >= 15 is 0 Å². The molecule has 1 aliphatic carbocycles. The van der Waals surface area contributed by atoms with Crippen LogP contribution in [0.5, 0.6) is 0 Å². The molecule has 2 fully saturated rings. The molecule has 9 nitrogen and oxygen atoms in total. The summed E-state index contributed by atoms with van der Waals surface area (Å²) in [4.78, 5) is 21.5. The summed E-state index contributed by atoms with van der Waals surface area (Å²) in [5, 5.41) is 4.55. The molecule has 0 atom stereocenters. The highest BCUT2D eigenvalue weighted by molar-refractivity contribution is 5.88. The third kappa shape index (κ3) is 3.16. The van der Waals surface area contributed by atoms with Crippen molar-refractivity contribution in [1.82, 2.24) is 34.3 Å². The second-order valence-electron chi connectivity index (χ2n) is 7.95. The van der Waals surface area contributed by atoms with Gasteiger partial charge in [-0.05, 0) is 38.0 Å². The lowest BCUT2D eigenvalue weighted by atomic mass is 10.2. The van der Waals surface area contributed by atoms with Crippen LogP contribution >= 0.6 is 0 Å². The van der Waals surface area contributed by atoms with Gasteiger partial charge in [-0.15, -0.1) is 0 Å². The smallest absolute Gasteiger partial charge is 0.182 e. The maximum atomic E-state index is 5.58. The van der Waals surface area contributed by atoms with Gasteiger partial charge in [-0.25, -0.2) is 15.0 Å². The largest absolute Gasteiger partial charge is 0.378 e. The van der Waals surface area contributed by atoms with Crippen LogP contribution in [0.15, 0.2) is 36.8 Å². The zero-order valence-corrected chi connectivity index (χ0v) is 17.5. The van der Waals surface area contributed by atoms with E-state index in [4.69, 9.17) is 19.7 Å². The van der Waals surface area contributed by atoms with Crippen molar-refractivity contribution in [1.29, 1.82) is 0 Å². The molecule has 4 aromatic heterocycles. The molecular weight excluding hydrogens is 392 g/mol. The van der Waals surface area contributed by atoms with Crippen molar-refractivity contribution in [3.05, 3.63) is 36.8 Å². The zero-order chi connectivity index (χ0) is 20.8. The molecule has 4 aromatic rings. The van der Waals surface area contributed by atoms with Crippen molar-refractivity contribution >= 4 is 17.0 Å². The molecule has 0 aromatic carbocycles. The number of morpholine rings is 1. The van der Waals surface area contributed by atoms with Crippen LogP contribution in [0.1, 0.15) is 25.8 Å². The molecule has 0 radical (unpaired) electrons. The summed E-state index contributed by atoms with van der Waals surface area (Å²) in [7, 11) is 0. The first-order chi connectivity index (χ1) is 15.3. The van der Waals surface area contributed by atoms with E-state index < -0.39 is 0 Å². The van der Waals surface area contributed by atoms with Crippen LogP contribution in [0.2, 0.25) is 0 Å². The standard InChI is InChI=1S/C22H24N8O/c1-2-29-20(15-5-8-23-9-6-15)25-18-21(28-11-13-31-14-12-28)26-19(27-22(18)29)17-7-10-24-30(17)16-3-4-16/h5-10,16H,2-4,11-14H2,1H3. The fraction of sp³-hybridized carbons (Fsp3) is 0.409. The third-order valence-corrected chi connectivity index (χ3v) is 5.93. The molecule has 6 rings (SSSR count). The van der Waals surface area contributed by atoms with E-state index in [9.17, 15) is 0 Å². The average Bonchev–Trinajstić information content (AvgIpc) is 3.43. The van der Waals surface area contributed by atoms with Crippen molar-refractivity contribution < 1.29 is 4.74 Å². The molecule has 158 valence electrons. The lowest BCUT2D eigenvalue weighted by molar-refractivity contribution is 0.122. The Kier molecular flexibility index (Phi) is 4.41. The highest BCUT2D eigenvalue weighted by Crippen LogP contribution is 2.38. The predicted octanol–water partition coefficient (Wildman–Crippen LogP) is 2.94. The number of rotatable bonds is 5.